The summed E-state index contributed by atoms with van der Waals surface area (Å²) in [6.07, 6.45) is 1.25. The maximum Gasteiger partial charge on any atom is 0.358 e. The van der Waals surface area contributed by atoms with Gasteiger partial charge in [0.1, 0.15) is 11.6 Å². The number of aromatic nitrogens is 2. The number of benzene rings is 1. The number of rotatable bonds is 4. The average molecular weight is 400 g/mol. The van der Waals surface area contributed by atoms with Crippen LogP contribution in [0.5, 0.6) is 0 Å². The largest absolute Gasteiger partial charge is 0.454 e. The predicted molar refractivity (Wildman–Crippen MR) is 95.9 cm³/mol. The van der Waals surface area contributed by atoms with E-state index in [9.17, 15) is 4.79 Å². The van der Waals surface area contributed by atoms with Gasteiger partial charge in [-0.25, -0.2) is 14.8 Å². The Hall–Kier alpha value is -1.66. The summed E-state index contributed by atoms with van der Waals surface area (Å²) in [5.41, 5.74) is 1.57. The van der Waals surface area contributed by atoms with Crippen molar-refractivity contribution in [3.63, 3.8) is 0 Å². The number of ether oxygens (including phenoxy) is 1. The van der Waals surface area contributed by atoms with Gasteiger partial charge in [0, 0.05) is 17.1 Å². The van der Waals surface area contributed by atoms with Gasteiger partial charge in [0.25, 0.3) is 0 Å². The minimum atomic E-state index is -0.687. The Balaban J connectivity index is 1.69. The van der Waals surface area contributed by atoms with Crippen LogP contribution in [0.25, 0.3) is 10.6 Å². The summed E-state index contributed by atoms with van der Waals surface area (Å²) in [7, 11) is 0. The molecule has 0 aliphatic carbocycles. The molecular weight excluding hydrogens is 391 g/mol. The van der Waals surface area contributed by atoms with Crippen LogP contribution < -0.4 is 0 Å². The van der Waals surface area contributed by atoms with Crippen LogP contribution in [-0.4, -0.2) is 15.9 Å². The first-order valence-electron chi connectivity index (χ1n) is 6.72. The molecule has 0 spiro atoms. The normalized spacial score (nSPS) is 10.6. The molecule has 4 nitrogen and oxygen atoms in total. The van der Waals surface area contributed by atoms with Crippen LogP contribution in [0, 0.1) is 0 Å². The molecule has 122 valence electrons. The molecule has 0 aliphatic rings. The molecule has 2 heterocycles. The van der Waals surface area contributed by atoms with Crippen molar-refractivity contribution in [2.24, 2.45) is 0 Å². The van der Waals surface area contributed by atoms with E-state index < -0.39 is 5.97 Å². The molecule has 1 aromatic carbocycles. The summed E-state index contributed by atoms with van der Waals surface area (Å²) in [6.45, 7) is 0.0143. The number of pyridine rings is 1. The fraction of sp³-hybridized carbons (Fsp3) is 0.0625. The number of hydrogen-bond acceptors (Lipinski definition) is 5. The molecule has 24 heavy (non-hydrogen) atoms. The van der Waals surface area contributed by atoms with E-state index in [1.54, 1.807) is 0 Å². The fourth-order valence-corrected chi connectivity index (χ4v) is 3.25. The lowest BCUT2D eigenvalue weighted by molar-refractivity contribution is 0.0462. The third kappa shape index (κ3) is 3.70. The zero-order valence-corrected chi connectivity index (χ0v) is 15.1. The van der Waals surface area contributed by atoms with Crippen molar-refractivity contribution >= 4 is 52.1 Å². The highest BCUT2D eigenvalue weighted by molar-refractivity contribution is 7.13. The lowest BCUT2D eigenvalue weighted by Crippen LogP contribution is -2.08. The van der Waals surface area contributed by atoms with Crippen LogP contribution in [0.15, 0.2) is 41.9 Å². The van der Waals surface area contributed by atoms with Crippen molar-refractivity contribution in [2.45, 2.75) is 6.61 Å². The maximum atomic E-state index is 12.1. The number of carbonyl (C=O) groups excluding carboxylic acids is 1. The van der Waals surface area contributed by atoms with Crippen LogP contribution in [0.3, 0.4) is 0 Å². The molecule has 0 aliphatic heterocycles. The smallest absolute Gasteiger partial charge is 0.358 e. The van der Waals surface area contributed by atoms with Crippen LogP contribution in [0.4, 0.5) is 0 Å². The minimum absolute atomic E-state index is 0.0143. The highest BCUT2D eigenvalue weighted by Crippen LogP contribution is 2.31. The van der Waals surface area contributed by atoms with Crippen LogP contribution >= 0.6 is 46.1 Å². The number of carbonyl (C=O) groups is 1. The van der Waals surface area contributed by atoms with Crippen LogP contribution in [0.2, 0.25) is 15.1 Å². The maximum absolute atomic E-state index is 12.1. The van der Waals surface area contributed by atoms with Gasteiger partial charge in [0.05, 0.1) is 20.8 Å². The van der Waals surface area contributed by atoms with Gasteiger partial charge in [-0.2, -0.15) is 0 Å². The second kappa shape index (κ2) is 7.49. The molecule has 8 heteroatoms. The summed E-state index contributed by atoms with van der Waals surface area (Å²) in [6, 6.07) is 9.75. The van der Waals surface area contributed by atoms with Gasteiger partial charge < -0.3 is 4.74 Å². The van der Waals surface area contributed by atoms with Gasteiger partial charge in [0.15, 0.2) is 5.69 Å². The van der Waals surface area contributed by atoms with E-state index in [4.69, 9.17) is 39.5 Å². The number of halogens is 3. The lowest BCUT2D eigenvalue weighted by atomic mass is 10.2. The highest BCUT2D eigenvalue weighted by Gasteiger charge is 2.19. The fourth-order valence-electron chi connectivity index (χ4n) is 1.88. The number of nitrogens with zero attached hydrogens (tertiary/aromatic N) is 2. The van der Waals surface area contributed by atoms with E-state index >= 15 is 0 Å². The van der Waals surface area contributed by atoms with Crippen molar-refractivity contribution < 1.29 is 9.53 Å². The van der Waals surface area contributed by atoms with Gasteiger partial charge in [-0.05, 0) is 0 Å². The molecule has 3 aromatic rings. The summed E-state index contributed by atoms with van der Waals surface area (Å²) in [5.74, 6) is -0.687. The Kier molecular flexibility index (Phi) is 5.36. The average Bonchev–Trinajstić information content (AvgIpc) is 3.07. The molecule has 0 N–H and O–H groups in total. The van der Waals surface area contributed by atoms with E-state index in [-0.39, 0.29) is 27.4 Å². The van der Waals surface area contributed by atoms with Crippen molar-refractivity contribution in [2.75, 3.05) is 0 Å². The molecule has 3 rings (SSSR count). The van der Waals surface area contributed by atoms with Crippen molar-refractivity contribution in [1.82, 2.24) is 9.97 Å². The Morgan fingerprint density at radius 1 is 1.12 bits per heavy atom. The molecule has 0 saturated carbocycles. The zero-order chi connectivity index (χ0) is 17.1. The molecule has 0 amide bonds. The van der Waals surface area contributed by atoms with Gasteiger partial charge in [0.2, 0.25) is 0 Å². The quantitative estimate of drug-likeness (QED) is 0.542. The second-order valence-corrected chi connectivity index (χ2v) is 6.69. The zero-order valence-electron chi connectivity index (χ0n) is 12.0. The van der Waals surface area contributed by atoms with E-state index in [0.29, 0.717) is 5.69 Å². The van der Waals surface area contributed by atoms with Crippen molar-refractivity contribution in [1.29, 1.82) is 0 Å². The van der Waals surface area contributed by atoms with Gasteiger partial charge >= 0.3 is 5.97 Å². The predicted octanol–water partition coefficient (Wildman–Crippen LogP) is 5.52. The first-order valence-corrected chi connectivity index (χ1v) is 8.74. The van der Waals surface area contributed by atoms with E-state index in [1.807, 2.05) is 35.7 Å². The van der Waals surface area contributed by atoms with Crippen LogP contribution in [0.1, 0.15) is 16.2 Å². The monoisotopic (exact) mass is 398 g/mol. The molecule has 0 fully saturated rings. The summed E-state index contributed by atoms with van der Waals surface area (Å²) in [4.78, 5) is 20.4. The Morgan fingerprint density at radius 2 is 1.88 bits per heavy atom. The summed E-state index contributed by atoms with van der Waals surface area (Å²) in [5, 5.41) is 2.90. The molecule has 0 bridgehead atoms. The molecule has 0 unspecified atom stereocenters. The molecular formula is C16H9Cl3N2O2S. The highest BCUT2D eigenvalue weighted by atomic mass is 35.5. The number of esters is 1. The molecule has 0 atom stereocenters. The first kappa shape index (κ1) is 17.2. The van der Waals surface area contributed by atoms with Gasteiger partial charge in [-0.3, -0.25) is 0 Å². The van der Waals surface area contributed by atoms with E-state index in [0.717, 1.165) is 10.6 Å². The van der Waals surface area contributed by atoms with E-state index in [1.165, 1.54) is 17.5 Å². The molecule has 2 aromatic heterocycles. The lowest BCUT2D eigenvalue weighted by Gasteiger charge is -2.06. The topological polar surface area (TPSA) is 52.1 Å². The number of thiazole rings is 1. The Labute approximate surface area is 157 Å². The summed E-state index contributed by atoms with van der Waals surface area (Å²) < 4.78 is 5.20. The van der Waals surface area contributed by atoms with Crippen molar-refractivity contribution in [3.8, 4) is 10.6 Å². The third-order valence-corrected chi connectivity index (χ3v) is 5.22. The Morgan fingerprint density at radius 3 is 2.62 bits per heavy atom. The Bertz CT molecular complexity index is 884. The third-order valence-electron chi connectivity index (χ3n) is 3.03. The summed E-state index contributed by atoms with van der Waals surface area (Å²) >= 11 is 19.1. The van der Waals surface area contributed by atoms with E-state index in [2.05, 4.69) is 9.97 Å². The second-order valence-electron chi connectivity index (χ2n) is 4.67. The molecule has 0 radical (unpaired) electrons. The van der Waals surface area contributed by atoms with Gasteiger partial charge in [-0.1, -0.05) is 65.1 Å². The molecule has 0 saturated heterocycles. The minimum Gasteiger partial charge on any atom is -0.454 e. The van der Waals surface area contributed by atoms with Crippen molar-refractivity contribution in [3.05, 3.63) is 68.4 Å². The van der Waals surface area contributed by atoms with Crippen LogP contribution in [-0.2, 0) is 11.3 Å². The standard InChI is InChI=1S/C16H9Cl3N2O2S/c17-11-6-20-14(13(19)12(11)18)16(22)23-7-10-8-24-15(21-10)9-4-2-1-3-5-9/h1-6,8H,7H2. The SMILES string of the molecule is O=C(OCc1csc(-c2ccccc2)n1)c1ncc(Cl)c(Cl)c1Cl. The number of hydrogen-bond donors (Lipinski definition) is 0. The van der Waals surface area contributed by atoms with Gasteiger partial charge in [-0.15, -0.1) is 11.3 Å². The first-order chi connectivity index (χ1) is 11.6.